The molecule has 116 valence electrons. The average Bonchev–Trinajstić information content (AvgIpc) is 2.45. The van der Waals surface area contributed by atoms with Crippen LogP contribution in [0.25, 0.3) is 0 Å². The minimum absolute atomic E-state index is 0.258. The van der Waals surface area contributed by atoms with Crippen molar-refractivity contribution in [2.75, 3.05) is 46.0 Å². The van der Waals surface area contributed by atoms with Gasteiger partial charge >= 0.3 is 0 Å². The van der Waals surface area contributed by atoms with E-state index in [-0.39, 0.29) is 5.41 Å². The molecular formula is C15H31ClO3. The van der Waals surface area contributed by atoms with E-state index in [4.69, 9.17) is 25.8 Å². The van der Waals surface area contributed by atoms with E-state index in [2.05, 4.69) is 13.8 Å². The van der Waals surface area contributed by atoms with Crippen molar-refractivity contribution in [3.63, 3.8) is 0 Å². The molecule has 1 atom stereocenters. The molecule has 0 aromatic rings. The summed E-state index contributed by atoms with van der Waals surface area (Å²) in [6.45, 7) is 7.79. The lowest BCUT2D eigenvalue weighted by Crippen LogP contribution is -2.24. The summed E-state index contributed by atoms with van der Waals surface area (Å²) < 4.78 is 15.9. The minimum Gasteiger partial charge on any atom is -0.382 e. The molecule has 4 heteroatoms. The Morgan fingerprint density at radius 1 is 0.895 bits per heavy atom. The van der Waals surface area contributed by atoms with Crippen molar-refractivity contribution in [2.45, 2.75) is 46.0 Å². The minimum atomic E-state index is 0.258. The summed E-state index contributed by atoms with van der Waals surface area (Å²) in [6.07, 6.45) is 5.86. The van der Waals surface area contributed by atoms with Crippen molar-refractivity contribution in [1.29, 1.82) is 0 Å². The summed E-state index contributed by atoms with van der Waals surface area (Å²) in [4.78, 5) is 0. The Morgan fingerprint density at radius 2 is 1.53 bits per heavy atom. The van der Waals surface area contributed by atoms with Crippen molar-refractivity contribution < 1.29 is 14.2 Å². The molecule has 0 saturated carbocycles. The van der Waals surface area contributed by atoms with Gasteiger partial charge in [0.05, 0.1) is 26.4 Å². The van der Waals surface area contributed by atoms with Gasteiger partial charge < -0.3 is 14.2 Å². The molecule has 0 aliphatic carbocycles. The SMILES string of the molecule is CCCCC(CC)(CCl)CCOCCOCCOC. The van der Waals surface area contributed by atoms with Gasteiger partial charge in [-0.3, -0.25) is 0 Å². The maximum absolute atomic E-state index is 6.16. The van der Waals surface area contributed by atoms with Crippen LogP contribution in [-0.2, 0) is 14.2 Å². The highest BCUT2D eigenvalue weighted by Gasteiger charge is 2.26. The van der Waals surface area contributed by atoms with E-state index in [0.29, 0.717) is 26.4 Å². The zero-order valence-electron chi connectivity index (χ0n) is 12.9. The smallest absolute Gasteiger partial charge is 0.0701 e. The predicted molar refractivity (Wildman–Crippen MR) is 81.1 cm³/mol. The van der Waals surface area contributed by atoms with Crippen LogP contribution in [0, 0.1) is 5.41 Å². The maximum Gasteiger partial charge on any atom is 0.0701 e. The number of ether oxygens (including phenoxy) is 3. The zero-order chi connectivity index (χ0) is 14.4. The van der Waals surface area contributed by atoms with E-state index in [0.717, 1.165) is 25.3 Å². The first kappa shape index (κ1) is 19.2. The van der Waals surface area contributed by atoms with Gasteiger partial charge in [0.1, 0.15) is 0 Å². The standard InChI is InChI=1S/C15H31ClO3/c1-4-6-7-15(5-2,14-16)8-9-18-12-13-19-11-10-17-3/h4-14H2,1-3H3. The highest BCUT2D eigenvalue weighted by atomic mass is 35.5. The number of hydrogen-bond donors (Lipinski definition) is 0. The highest BCUT2D eigenvalue weighted by Crippen LogP contribution is 2.34. The van der Waals surface area contributed by atoms with Crippen LogP contribution in [-0.4, -0.2) is 46.0 Å². The largest absolute Gasteiger partial charge is 0.382 e. The van der Waals surface area contributed by atoms with Gasteiger partial charge in [-0.05, 0) is 24.7 Å². The summed E-state index contributed by atoms with van der Waals surface area (Å²) >= 11 is 6.16. The lowest BCUT2D eigenvalue weighted by Gasteiger charge is -2.30. The second-order valence-corrected chi connectivity index (χ2v) is 5.33. The lowest BCUT2D eigenvalue weighted by molar-refractivity contribution is 0.0167. The molecule has 0 aliphatic rings. The van der Waals surface area contributed by atoms with Crippen LogP contribution in [0.1, 0.15) is 46.0 Å². The molecular weight excluding hydrogens is 264 g/mol. The molecule has 0 heterocycles. The van der Waals surface area contributed by atoms with Crippen LogP contribution in [0.4, 0.5) is 0 Å². The van der Waals surface area contributed by atoms with Crippen LogP contribution < -0.4 is 0 Å². The van der Waals surface area contributed by atoms with Crippen LogP contribution in [0.15, 0.2) is 0 Å². The van der Waals surface area contributed by atoms with Crippen LogP contribution in [0.5, 0.6) is 0 Å². The van der Waals surface area contributed by atoms with E-state index in [9.17, 15) is 0 Å². The van der Waals surface area contributed by atoms with Crippen LogP contribution >= 0.6 is 11.6 Å². The Hall–Kier alpha value is 0.170. The molecule has 0 aromatic carbocycles. The third-order valence-electron chi connectivity index (χ3n) is 3.67. The molecule has 0 amide bonds. The molecule has 0 fully saturated rings. The third kappa shape index (κ3) is 9.67. The highest BCUT2D eigenvalue weighted by molar-refractivity contribution is 6.18. The summed E-state index contributed by atoms with van der Waals surface area (Å²) in [5.74, 6) is 0.733. The van der Waals surface area contributed by atoms with Gasteiger partial charge in [-0.15, -0.1) is 11.6 Å². The number of alkyl halides is 1. The third-order valence-corrected chi connectivity index (χ3v) is 4.24. The molecule has 0 rings (SSSR count). The summed E-state index contributed by atoms with van der Waals surface area (Å²) in [6, 6.07) is 0. The van der Waals surface area contributed by atoms with E-state index < -0.39 is 0 Å². The molecule has 0 N–H and O–H groups in total. The van der Waals surface area contributed by atoms with E-state index in [1.165, 1.54) is 19.3 Å². The fraction of sp³-hybridized carbons (Fsp3) is 1.00. The van der Waals surface area contributed by atoms with Crippen molar-refractivity contribution in [3.8, 4) is 0 Å². The van der Waals surface area contributed by atoms with Crippen LogP contribution in [0.3, 0.4) is 0 Å². The van der Waals surface area contributed by atoms with Crippen molar-refractivity contribution in [1.82, 2.24) is 0 Å². The Bertz CT molecular complexity index is 184. The first-order chi connectivity index (χ1) is 9.24. The second kappa shape index (κ2) is 13.2. The number of halogens is 1. The molecule has 19 heavy (non-hydrogen) atoms. The van der Waals surface area contributed by atoms with Crippen molar-refractivity contribution >= 4 is 11.6 Å². The molecule has 0 aromatic heterocycles. The molecule has 0 spiro atoms. The Balaban J connectivity index is 3.63. The van der Waals surface area contributed by atoms with Gasteiger partial charge in [-0.2, -0.15) is 0 Å². The fourth-order valence-corrected chi connectivity index (χ4v) is 2.47. The monoisotopic (exact) mass is 294 g/mol. The number of methoxy groups -OCH3 is 1. The molecule has 0 bridgehead atoms. The Morgan fingerprint density at radius 3 is 2.05 bits per heavy atom. The summed E-state index contributed by atoms with van der Waals surface area (Å²) in [7, 11) is 1.67. The maximum atomic E-state index is 6.16. The van der Waals surface area contributed by atoms with Crippen molar-refractivity contribution in [2.24, 2.45) is 5.41 Å². The quantitative estimate of drug-likeness (QED) is 0.359. The second-order valence-electron chi connectivity index (χ2n) is 5.06. The van der Waals surface area contributed by atoms with E-state index in [1.807, 2.05) is 0 Å². The first-order valence-corrected chi connectivity index (χ1v) is 7.98. The Labute approximate surface area is 123 Å². The molecule has 1 unspecified atom stereocenters. The topological polar surface area (TPSA) is 27.7 Å². The first-order valence-electron chi connectivity index (χ1n) is 7.45. The molecule has 0 radical (unpaired) electrons. The normalized spacial score (nSPS) is 14.5. The van der Waals surface area contributed by atoms with Gasteiger partial charge in [-0.1, -0.05) is 26.7 Å². The Kier molecular flexibility index (Phi) is 13.3. The van der Waals surface area contributed by atoms with Crippen molar-refractivity contribution in [3.05, 3.63) is 0 Å². The van der Waals surface area contributed by atoms with Gasteiger partial charge in [0.25, 0.3) is 0 Å². The molecule has 3 nitrogen and oxygen atoms in total. The molecule has 0 aliphatic heterocycles. The average molecular weight is 295 g/mol. The van der Waals surface area contributed by atoms with Gasteiger partial charge in [0, 0.05) is 19.6 Å². The summed E-state index contributed by atoms with van der Waals surface area (Å²) in [5, 5.41) is 0. The van der Waals surface area contributed by atoms with Gasteiger partial charge in [0.2, 0.25) is 0 Å². The molecule has 0 saturated heterocycles. The van der Waals surface area contributed by atoms with Gasteiger partial charge in [-0.25, -0.2) is 0 Å². The lowest BCUT2D eigenvalue weighted by atomic mass is 9.79. The van der Waals surface area contributed by atoms with E-state index >= 15 is 0 Å². The zero-order valence-corrected chi connectivity index (χ0v) is 13.6. The number of rotatable bonds is 14. The number of unbranched alkanes of at least 4 members (excludes halogenated alkanes) is 1. The van der Waals surface area contributed by atoms with E-state index in [1.54, 1.807) is 7.11 Å². The number of hydrogen-bond acceptors (Lipinski definition) is 3. The van der Waals surface area contributed by atoms with Gasteiger partial charge in [0.15, 0.2) is 0 Å². The summed E-state index contributed by atoms with van der Waals surface area (Å²) in [5.41, 5.74) is 0.258. The fourth-order valence-electron chi connectivity index (χ4n) is 2.01. The van der Waals surface area contributed by atoms with Crippen LogP contribution in [0.2, 0.25) is 0 Å². The predicted octanol–water partition coefficient (Wildman–Crippen LogP) is 3.88.